The first kappa shape index (κ1) is 17.7. The highest BCUT2D eigenvalue weighted by Gasteiger charge is 2.27. The van der Waals surface area contributed by atoms with Gasteiger partial charge in [0.2, 0.25) is 0 Å². The number of rotatable bonds is 4. The number of thioether (sulfide) groups is 1. The van der Waals surface area contributed by atoms with Gasteiger partial charge in [-0.1, -0.05) is 48.4 Å². The number of phenolic OH excluding ortho intramolecular Hbond substituents is 1. The molecule has 23 heavy (non-hydrogen) atoms. The molecule has 2 rings (SSSR count). The third kappa shape index (κ3) is 3.19. The van der Waals surface area contributed by atoms with E-state index in [0.29, 0.717) is 21.9 Å². The van der Waals surface area contributed by atoms with Gasteiger partial charge in [-0.15, -0.1) is 11.8 Å². The van der Waals surface area contributed by atoms with E-state index in [2.05, 4.69) is 0 Å². The van der Waals surface area contributed by atoms with Crippen LogP contribution < -0.4 is 0 Å². The first-order valence-corrected chi connectivity index (χ1v) is 8.83. The van der Waals surface area contributed by atoms with Gasteiger partial charge in [0.15, 0.2) is 0 Å². The van der Waals surface area contributed by atoms with E-state index in [1.165, 1.54) is 18.9 Å². The van der Waals surface area contributed by atoms with E-state index in [1.54, 1.807) is 0 Å². The van der Waals surface area contributed by atoms with E-state index in [4.69, 9.17) is 16.3 Å². The van der Waals surface area contributed by atoms with Crippen molar-refractivity contribution < 1.29 is 14.6 Å². The molecule has 2 aromatic rings. The molecule has 0 atom stereocenters. The van der Waals surface area contributed by atoms with Crippen LogP contribution in [0.4, 0.5) is 0 Å². The minimum Gasteiger partial charge on any atom is -0.507 e. The Morgan fingerprint density at radius 1 is 1.30 bits per heavy atom. The summed E-state index contributed by atoms with van der Waals surface area (Å²) in [5.41, 5.74) is 3.61. The third-order valence-corrected chi connectivity index (χ3v) is 5.06. The van der Waals surface area contributed by atoms with Crippen LogP contribution in [0.5, 0.6) is 5.75 Å². The first-order chi connectivity index (χ1) is 11.0. The predicted molar refractivity (Wildman–Crippen MR) is 95.8 cm³/mol. The van der Waals surface area contributed by atoms with Crippen LogP contribution in [-0.4, -0.2) is 24.4 Å². The number of aromatic hydroxyl groups is 1. The Bertz CT molecular complexity index is 739. The molecule has 0 radical (unpaired) electrons. The summed E-state index contributed by atoms with van der Waals surface area (Å²) in [6.07, 6.45) is 2.37. The maximum absolute atomic E-state index is 12.1. The second-order valence-electron chi connectivity index (χ2n) is 5.14. The lowest BCUT2D eigenvalue weighted by Gasteiger charge is -2.19. The second kappa shape index (κ2) is 7.28. The Hall–Kier alpha value is -1.65. The quantitative estimate of drug-likeness (QED) is 0.616. The van der Waals surface area contributed by atoms with Crippen LogP contribution in [0.2, 0.25) is 5.02 Å². The van der Waals surface area contributed by atoms with Crippen LogP contribution in [0.15, 0.2) is 29.2 Å². The minimum atomic E-state index is -0.584. The van der Waals surface area contributed by atoms with Crippen molar-refractivity contribution in [2.45, 2.75) is 25.2 Å². The van der Waals surface area contributed by atoms with Crippen molar-refractivity contribution in [2.24, 2.45) is 0 Å². The smallest absolute Gasteiger partial charge is 0.342 e. The number of benzene rings is 2. The molecule has 0 aliphatic carbocycles. The molecule has 1 N–H and O–H groups in total. The predicted octanol–water partition coefficient (Wildman–Crippen LogP) is 5.09. The van der Waals surface area contributed by atoms with E-state index < -0.39 is 5.97 Å². The molecule has 122 valence electrons. The van der Waals surface area contributed by atoms with Crippen molar-refractivity contribution >= 4 is 29.3 Å². The summed E-state index contributed by atoms with van der Waals surface area (Å²) in [6.45, 7) is 3.93. The summed E-state index contributed by atoms with van der Waals surface area (Å²) in [6, 6.07) is 7.93. The van der Waals surface area contributed by atoms with Crippen LogP contribution in [0, 0.1) is 6.92 Å². The number of esters is 1. The fourth-order valence-electron chi connectivity index (χ4n) is 2.58. The summed E-state index contributed by atoms with van der Waals surface area (Å²) in [7, 11) is 1.29. The molecule has 0 amide bonds. The number of aryl methyl sites for hydroxylation is 1. The highest BCUT2D eigenvalue weighted by Crippen LogP contribution is 2.46. The zero-order valence-corrected chi connectivity index (χ0v) is 15.1. The van der Waals surface area contributed by atoms with Crippen molar-refractivity contribution in [1.29, 1.82) is 0 Å². The van der Waals surface area contributed by atoms with Gasteiger partial charge in [-0.05, 0) is 25.2 Å². The molecular weight excluding hydrogens is 332 g/mol. The van der Waals surface area contributed by atoms with Crippen molar-refractivity contribution in [2.75, 3.05) is 13.4 Å². The summed E-state index contributed by atoms with van der Waals surface area (Å²) in [5, 5.41) is 11.1. The van der Waals surface area contributed by atoms with Crippen LogP contribution in [-0.2, 0) is 11.2 Å². The third-order valence-electron chi connectivity index (χ3n) is 3.76. The van der Waals surface area contributed by atoms with E-state index in [0.717, 1.165) is 16.7 Å². The molecule has 0 saturated heterocycles. The van der Waals surface area contributed by atoms with Gasteiger partial charge in [0.1, 0.15) is 11.3 Å². The Kier molecular flexibility index (Phi) is 5.60. The highest BCUT2D eigenvalue weighted by molar-refractivity contribution is 7.98. The lowest BCUT2D eigenvalue weighted by atomic mass is 9.94. The Morgan fingerprint density at radius 3 is 2.39 bits per heavy atom. The molecule has 0 unspecified atom stereocenters. The fourth-order valence-corrected chi connectivity index (χ4v) is 3.80. The number of hydrogen-bond donors (Lipinski definition) is 1. The maximum atomic E-state index is 12.1. The van der Waals surface area contributed by atoms with Crippen molar-refractivity contribution in [1.82, 2.24) is 0 Å². The molecular formula is C18H19ClO3S. The zero-order chi connectivity index (χ0) is 17.1. The SMILES string of the molecule is CCc1c(O)c(C(=O)OC)c(SC)c(Cl)c1-c1ccc(C)cc1. The van der Waals surface area contributed by atoms with Crippen LogP contribution in [0.1, 0.15) is 28.4 Å². The average molecular weight is 351 g/mol. The minimum absolute atomic E-state index is 0.0522. The number of ether oxygens (including phenoxy) is 1. The molecule has 2 aromatic carbocycles. The van der Waals surface area contributed by atoms with Gasteiger partial charge in [-0.3, -0.25) is 0 Å². The van der Waals surface area contributed by atoms with Crippen LogP contribution in [0.25, 0.3) is 11.1 Å². The highest BCUT2D eigenvalue weighted by atomic mass is 35.5. The van der Waals surface area contributed by atoms with Gasteiger partial charge < -0.3 is 9.84 Å². The molecule has 0 heterocycles. The Balaban J connectivity index is 2.85. The Labute approximate surface area is 145 Å². The number of carbonyl (C=O) groups is 1. The van der Waals surface area contributed by atoms with Crippen molar-refractivity contribution in [3.8, 4) is 16.9 Å². The van der Waals surface area contributed by atoms with Crippen LogP contribution >= 0.6 is 23.4 Å². The first-order valence-electron chi connectivity index (χ1n) is 7.22. The Morgan fingerprint density at radius 2 is 1.91 bits per heavy atom. The molecule has 0 saturated carbocycles. The number of hydrogen-bond acceptors (Lipinski definition) is 4. The molecule has 0 aliphatic rings. The second-order valence-corrected chi connectivity index (χ2v) is 6.33. The van der Waals surface area contributed by atoms with Gasteiger partial charge >= 0.3 is 5.97 Å². The summed E-state index contributed by atoms with van der Waals surface area (Å²) < 4.78 is 4.80. The maximum Gasteiger partial charge on any atom is 0.342 e. The van der Waals surface area contributed by atoms with E-state index >= 15 is 0 Å². The topological polar surface area (TPSA) is 46.5 Å². The molecule has 0 fully saturated rings. The summed E-state index contributed by atoms with van der Waals surface area (Å²) in [4.78, 5) is 12.6. The standard InChI is InChI=1S/C18H19ClO3S/c1-5-12-13(11-8-6-10(2)7-9-11)15(19)17(23-4)14(16(12)20)18(21)22-3/h6-9,20H,5H2,1-4H3. The number of halogens is 1. The lowest BCUT2D eigenvalue weighted by molar-refractivity contribution is 0.0593. The number of phenols is 1. The van der Waals surface area contributed by atoms with Gasteiger partial charge in [-0.2, -0.15) is 0 Å². The largest absolute Gasteiger partial charge is 0.507 e. The molecule has 0 aliphatic heterocycles. The average Bonchev–Trinajstić information content (AvgIpc) is 2.56. The van der Waals surface area contributed by atoms with E-state index in [-0.39, 0.29) is 11.3 Å². The van der Waals surface area contributed by atoms with Crippen molar-refractivity contribution in [3.05, 3.63) is 46.0 Å². The molecule has 3 nitrogen and oxygen atoms in total. The van der Waals surface area contributed by atoms with Crippen LogP contribution in [0.3, 0.4) is 0 Å². The normalized spacial score (nSPS) is 10.7. The molecule has 5 heteroatoms. The molecule has 0 aromatic heterocycles. The van der Waals surface area contributed by atoms with Gasteiger partial charge in [0.05, 0.1) is 12.1 Å². The van der Waals surface area contributed by atoms with Gasteiger partial charge in [-0.25, -0.2) is 4.79 Å². The number of methoxy groups -OCH3 is 1. The van der Waals surface area contributed by atoms with E-state index in [1.807, 2.05) is 44.4 Å². The van der Waals surface area contributed by atoms with Gasteiger partial charge in [0.25, 0.3) is 0 Å². The molecule has 0 spiro atoms. The summed E-state index contributed by atoms with van der Waals surface area (Å²) >= 11 is 7.92. The van der Waals surface area contributed by atoms with Gasteiger partial charge in [0, 0.05) is 16.0 Å². The summed E-state index contributed by atoms with van der Waals surface area (Å²) in [5.74, 6) is -0.636. The molecule has 0 bridgehead atoms. The lowest BCUT2D eigenvalue weighted by Crippen LogP contribution is -2.07. The fraction of sp³-hybridized carbons (Fsp3) is 0.278. The number of carbonyl (C=O) groups excluding carboxylic acids is 1. The zero-order valence-electron chi connectivity index (χ0n) is 13.6. The monoisotopic (exact) mass is 350 g/mol. The van der Waals surface area contributed by atoms with E-state index in [9.17, 15) is 9.90 Å². The van der Waals surface area contributed by atoms with Crippen molar-refractivity contribution in [3.63, 3.8) is 0 Å².